The molecule has 0 fully saturated rings. The third-order valence-electron chi connectivity index (χ3n) is 2.37. The van der Waals surface area contributed by atoms with E-state index < -0.39 is 29.5 Å². The Morgan fingerprint density at radius 2 is 1.67 bits per heavy atom. The maximum Gasteiger partial charge on any atom is 0.455 e. The number of aromatic hydroxyl groups is 1. The zero-order chi connectivity index (χ0) is 13.4. The van der Waals surface area contributed by atoms with Crippen LogP contribution in [0.15, 0.2) is 18.2 Å². The van der Waals surface area contributed by atoms with E-state index >= 15 is 0 Å². The lowest BCUT2D eigenvalue weighted by Gasteiger charge is -2.26. The minimum Gasteiger partial charge on any atom is -0.507 e. The molecule has 0 unspecified atom stereocenters. The fourth-order valence-electron chi connectivity index (χ4n) is 1.30. The van der Waals surface area contributed by atoms with E-state index in [0.29, 0.717) is 0 Å². The van der Waals surface area contributed by atoms with Crippen LogP contribution < -0.4 is 5.73 Å². The molecular formula is C10H11ClF5NO. The van der Waals surface area contributed by atoms with Crippen LogP contribution in [0.3, 0.4) is 0 Å². The maximum atomic E-state index is 13.0. The predicted molar refractivity (Wildman–Crippen MR) is 58.0 cm³/mol. The van der Waals surface area contributed by atoms with Crippen molar-refractivity contribution >= 4 is 12.4 Å². The second-order valence-corrected chi connectivity index (χ2v) is 3.61. The highest BCUT2D eigenvalue weighted by Gasteiger charge is 2.62. The summed E-state index contributed by atoms with van der Waals surface area (Å²) in [6.07, 6.45) is -5.76. The van der Waals surface area contributed by atoms with Crippen LogP contribution in [0.1, 0.15) is 17.2 Å². The minimum absolute atomic E-state index is 0. The molecule has 0 amide bonds. The van der Waals surface area contributed by atoms with Crippen molar-refractivity contribution in [2.45, 2.75) is 25.1 Å². The van der Waals surface area contributed by atoms with Crippen LogP contribution in [0.4, 0.5) is 22.0 Å². The summed E-state index contributed by atoms with van der Waals surface area (Å²) in [5, 5.41) is 9.42. The average Bonchev–Trinajstić information content (AvgIpc) is 2.19. The summed E-state index contributed by atoms with van der Waals surface area (Å²) in [6, 6.07) is 0.920. The monoisotopic (exact) mass is 291 g/mol. The Hall–Kier alpha value is -1.08. The van der Waals surface area contributed by atoms with E-state index in [9.17, 15) is 27.1 Å². The van der Waals surface area contributed by atoms with Crippen molar-refractivity contribution < 1.29 is 27.1 Å². The molecule has 1 aromatic carbocycles. The summed E-state index contributed by atoms with van der Waals surface area (Å²) in [5.74, 6) is -5.75. The average molecular weight is 292 g/mol. The molecule has 1 aromatic rings. The van der Waals surface area contributed by atoms with Crippen molar-refractivity contribution in [1.29, 1.82) is 0 Å². The number of hydrogen-bond donors (Lipinski definition) is 2. The third-order valence-corrected chi connectivity index (χ3v) is 2.37. The van der Waals surface area contributed by atoms with Crippen LogP contribution >= 0.6 is 12.4 Å². The molecule has 0 saturated carbocycles. The number of hydrogen-bond acceptors (Lipinski definition) is 2. The molecule has 1 atom stereocenters. The number of alkyl halides is 5. The first-order valence-corrected chi connectivity index (χ1v) is 4.57. The molecule has 1 rings (SSSR count). The van der Waals surface area contributed by atoms with Gasteiger partial charge in [0.2, 0.25) is 0 Å². The summed E-state index contributed by atoms with van der Waals surface area (Å²) in [6.45, 7) is 1.37. The van der Waals surface area contributed by atoms with Gasteiger partial charge in [0.25, 0.3) is 0 Å². The number of phenolic OH excluding ortho intramolecular Hbond substituents is 1. The molecule has 0 radical (unpaired) electrons. The van der Waals surface area contributed by atoms with Crippen LogP contribution in [0, 0.1) is 6.92 Å². The smallest absolute Gasteiger partial charge is 0.455 e. The Kier molecular flexibility index (Phi) is 4.96. The van der Waals surface area contributed by atoms with Gasteiger partial charge < -0.3 is 10.8 Å². The first-order chi connectivity index (χ1) is 7.59. The lowest BCUT2D eigenvalue weighted by atomic mass is 9.98. The largest absolute Gasteiger partial charge is 0.507 e. The molecule has 0 aliphatic carbocycles. The van der Waals surface area contributed by atoms with Gasteiger partial charge in [0.15, 0.2) is 0 Å². The summed E-state index contributed by atoms with van der Waals surface area (Å²) in [4.78, 5) is 0. The molecule has 0 aliphatic rings. The number of nitrogens with two attached hydrogens (primary N) is 1. The lowest BCUT2D eigenvalue weighted by molar-refractivity contribution is -0.291. The quantitative estimate of drug-likeness (QED) is 0.821. The lowest BCUT2D eigenvalue weighted by Crippen LogP contribution is -2.45. The first-order valence-electron chi connectivity index (χ1n) is 4.57. The molecule has 0 aliphatic heterocycles. The van der Waals surface area contributed by atoms with Crippen LogP contribution in [0.2, 0.25) is 0 Å². The van der Waals surface area contributed by atoms with Gasteiger partial charge in [0, 0.05) is 5.56 Å². The summed E-state index contributed by atoms with van der Waals surface area (Å²) in [7, 11) is 0. The van der Waals surface area contributed by atoms with E-state index in [2.05, 4.69) is 0 Å². The van der Waals surface area contributed by atoms with Gasteiger partial charge in [-0.2, -0.15) is 22.0 Å². The number of benzene rings is 1. The molecular weight excluding hydrogens is 281 g/mol. The molecule has 0 spiro atoms. The van der Waals surface area contributed by atoms with Crippen molar-refractivity contribution in [3.05, 3.63) is 29.3 Å². The summed E-state index contributed by atoms with van der Waals surface area (Å²) in [5.41, 5.74) is 4.44. The van der Waals surface area contributed by atoms with Crippen LogP contribution in [0.25, 0.3) is 0 Å². The van der Waals surface area contributed by atoms with Crippen molar-refractivity contribution in [3.8, 4) is 5.75 Å². The van der Waals surface area contributed by atoms with E-state index in [-0.39, 0.29) is 18.0 Å². The zero-order valence-electron chi connectivity index (χ0n) is 9.13. The number of halogens is 6. The zero-order valence-corrected chi connectivity index (χ0v) is 9.95. The highest BCUT2D eigenvalue weighted by atomic mass is 35.5. The fourth-order valence-corrected chi connectivity index (χ4v) is 1.30. The van der Waals surface area contributed by atoms with Gasteiger partial charge in [-0.1, -0.05) is 18.2 Å². The van der Waals surface area contributed by atoms with Crippen molar-refractivity contribution in [3.63, 3.8) is 0 Å². The normalized spacial score (nSPS) is 13.9. The molecule has 104 valence electrons. The Balaban J connectivity index is 0.00000289. The molecule has 2 nitrogen and oxygen atoms in total. The van der Waals surface area contributed by atoms with E-state index in [1.54, 1.807) is 0 Å². The second-order valence-electron chi connectivity index (χ2n) is 3.61. The van der Waals surface area contributed by atoms with Gasteiger partial charge in [0.05, 0.1) is 0 Å². The second kappa shape index (κ2) is 5.27. The topological polar surface area (TPSA) is 46.2 Å². The molecule has 0 heterocycles. The van der Waals surface area contributed by atoms with Crippen molar-refractivity contribution in [1.82, 2.24) is 0 Å². The summed E-state index contributed by atoms with van der Waals surface area (Å²) >= 11 is 0. The third kappa shape index (κ3) is 2.84. The predicted octanol–water partition coefficient (Wildman–Crippen LogP) is 3.32. The highest BCUT2D eigenvalue weighted by molar-refractivity contribution is 5.85. The van der Waals surface area contributed by atoms with Crippen LogP contribution in [0.5, 0.6) is 5.75 Å². The van der Waals surface area contributed by atoms with Crippen molar-refractivity contribution in [2.24, 2.45) is 5.73 Å². The Bertz CT molecular complexity index is 421. The Morgan fingerprint density at radius 1 is 1.17 bits per heavy atom. The van der Waals surface area contributed by atoms with E-state index in [1.807, 2.05) is 0 Å². The van der Waals surface area contributed by atoms with E-state index in [4.69, 9.17) is 5.73 Å². The molecule has 0 aromatic heterocycles. The van der Waals surface area contributed by atoms with Gasteiger partial charge in [-0.15, -0.1) is 12.4 Å². The highest BCUT2D eigenvalue weighted by Crippen LogP contribution is 2.45. The Labute approximate surface area is 106 Å². The van der Waals surface area contributed by atoms with Crippen molar-refractivity contribution in [2.75, 3.05) is 0 Å². The maximum absolute atomic E-state index is 13.0. The van der Waals surface area contributed by atoms with Crippen LogP contribution in [-0.2, 0) is 0 Å². The van der Waals surface area contributed by atoms with Gasteiger partial charge in [-0.05, 0) is 12.5 Å². The fraction of sp³-hybridized carbons (Fsp3) is 0.400. The number of para-hydroxylation sites is 1. The molecule has 0 saturated heterocycles. The molecule has 0 bridgehead atoms. The number of rotatable bonds is 2. The number of aryl methyl sites for hydroxylation is 1. The van der Waals surface area contributed by atoms with Gasteiger partial charge >= 0.3 is 12.1 Å². The number of phenols is 1. The van der Waals surface area contributed by atoms with Gasteiger partial charge in [0.1, 0.15) is 11.8 Å². The summed E-state index contributed by atoms with van der Waals surface area (Å²) < 4.78 is 62.2. The Morgan fingerprint density at radius 3 is 2.11 bits per heavy atom. The minimum atomic E-state index is -5.76. The van der Waals surface area contributed by atoms with Gasteiger partial charge in [-0.25, -0.2) is 0 Å². The van der Waals surface area contributed by atoms with E-state index in [0.717, 1.165) is 6.07 Å². The molecule has 8 heteroatoms. The van der Waals surface area contributed by atoms with Crippen LogP contribution in [-0.4, -0.2) is 17.2 Å². The first kappa shape index (κ1) is 16.9. The van der Waals surface area contributed by atoms with E-state index in [1.165, 1.54) is 19.1 Å². The molecule has 3 N–H and O–H groups in total. The SMILES string of the molecule is Cc1cccc([C@H](N)C(F)(F)C(F)(F)F)c1O.Cl. The van der Waals surface area contributed by atoms with Gasteiger partial charge in [-0.3, -0.25) is 0 Å². The molecule has 18 heavy (non-hydrogen) atoms. The standard InChI is InChI=1S/C10H10F5NO.ClH/c1-5-3-2-4-6(7(5)17)8(16)9(11,12)10(13,14)15;/h2-4,8,17H,16H2,1H3;1H/t8-;/m0./s1.